The molecule has 0 aliphatic carbocycles. The summed E-state index contributed by atoms with van der Waals surface area (Å²) < 4.78 is 0. The highest BCUT2D eigenvalue weighted by Crippen LogP contribution is 2.36. The van der Waals surface area contributed by atoms with Gasteiger partial charge in [0, 0.05) is 17.1 Å². The number of para-hydroxylation sites is 3. The molecule has 0 atom stereocenters. The maximum absolute atomic E-state index is 2.41. The first-order chi connectivity index (χ1) is 18.9. The molecule has 6 aromatic rings. The van der Waals surface area contributed by atoms with Crippen LogP contribution in [0.5, 0.6) is 0 Å². The normalized spacial score (nSPS) is 12.1. The van der Waals surface area contributed by atoms with Crippen molar-refractivity contribution in [2.45, 2.75) is 0 Å². The van der Waals surface area contributed by atoms with Crippen molar-refractivity contribution in [1.82, 2.24) is 0 Å². The summed E-state index contributed by atoms with van der Waals surface area (Å²) in [6.07, 6.45) is 0. The second-order valence-corrected chi connectivity index (χ2v) is 9.72. The Morgan fingerprint density at radius 1 is 0.368 bits per heavy atom. The predicted octanol–water partition coefficient (Wildman–Crippen LogP) is 7.32. The molecule has 2 heteroatoms. The molecule has 7 rings (SSSR count). The summed E-state index contributed by atoms with van der Waals surface area (Å²) in [5.74, 6) is 0. The first kappa shape index (κ1) is 22.4. The average molecular weight is 483 g/mol. The average Bonchev–Trinajstić information content (AvgIpc) is 3.01. The van der Waals surface area contributed by atoms with Crippen LogP contribution in [-0.2, 0) is 0 Å². The summed E-state index contributed by atoms with van der Waals surface area (Å²) in [6.45, 7) is 0.0778. The lowest BCUT2D eigenvalue weighted by Gasteiger charge is -2.38. The van der Waals surface area contributed by atoms with E-state index in [0.29, 0.717) is 0 Å². The van der Waals surface area contributed by atoms with Crippen molar-refractivity contribution in [2.24, 2.45) is 0 Å². The molecule has 0 saturated carbocycles. The SMILES string of the molecule is c1ccc(-c2cccc(-c3ccccc3)c2B2c3ccccc3N(c3ccccc3)c3ccccc32)cc1. The fraction of sp³-hybridized carbons (Fsp3) is 0. The lowest BCUT2D eigenvalue weighted by molar-refractivity contribution is 1.29. The molecule has 0 N–H and O–H groups in total. The van der Waals surface area contributed by atoms with Gasteiger partial charge in [0.1, 0.15) is 0 Å². The molecule has 6 aromatic carbocycles. The van der Waals surface area contributed by atoms with E-state index in [1.54, 1.807) is 0 Å². The zero-order chi connectivity index (χ0) is 25.3. The van der Waals surface area contributed by atoms with Crippen molar-refractivity contribution in [3.63, 3.8) is 0 Å². The molecule has 0 bridgehead atoms. The number of hydrogen-bond donors (Lipinski definition) is 0. The van der Waals surface area contributed by atoms with Crippen molar-refractivity contribution in [3.05, 3.63) is 158 Å². The summed E-state index contributed by atoms with van der Waals surface area (Å²) in [5.41, 5.74) is 12.6. The van der Waals surface area contributed by atoms with E-state index in [0.717, 1.165) is 0 Å². The molecular formula is C36H26BN. The molecule has 178 valence electrons. The first-order valence-corrected chi connectivity index (χ1v) is 13.2. The van der Waals surface area contributed by atoms with Gasteiger partial charge in [0.15, 0.2) is 0 Å². The second kappa shape index (κ2) is 9.57. The molecule has 0 unspecified atom stereocenters. The van der Waals surface area contributed by atoms with Crippen LogP contribution >= 0.6 is 0 Å². The summed E-state index contributed by atoms with van der Waals surface area (Å²) in [7, 11) is 0. The van der Waals surface area contributed by atoms with Gasteiger partial charge in [0.05, 0.1) is 0 Å². The van der Waals surface area contributed by atoms with E-state index in [1.165, 1.54) is 55.7 Å². The maximum Gasteiger partial charge on any atom is 0.248 e. The van der Waals surface area contributed by atoms with Crippen LogP contribution in [-0.4, -0.2) is 6.71 Å². The van der Waals surface area contributed by atoms with E-state index >= 15 is 0 Å². The first-order valence-electron chi connectivity index (χ1n) is 13.2. The van der Waals surface area contributed by atoms with Crippen molar-refractivity contribution in [2.75, 3.05) is 4.90 Å². The summed E-state index contributed by atoms with van der Waals surface area (Å²) in [5, 5.41) is 0. The molecule has 1 nitrogen and oxygen atoms in total. The minimum atomic E-state index is 0.0778. The quantitative estimate of drug-likeness (QED) is 0.237. The fourth-order valence-corrected chi connectivity index (χ4v) is 5.95. The van der Waals surface area contributed by atoms with Crippen LogP contribution < -0.4 is 21.3 Å². The molecule has 0 amide bonds. The van der Waals surface area contributed by atoms with Gasteiger partial charge >= 0.3 is 0 Å². The van der Waals surface area contributed by atoms with Crippen molar-refractivity contribution in [3.8, 4) is 22.3 Å². The highest BCUT2D eigenvalue weighted by atomic mass is 15.1. The Morgan fingerprint density at radius 3 is 1.29 bits per heavy atom. The molecule has 0 fully saturated rings. The van der Waals surface area contributed by atoms with Gasteiger partial charge in [-0.25, -0.2) is 0 Å². The maximum atomic E-state index is 2.41. The summed E-state index contributed by atoms with van der Waals surface area (Å²) >= 11 is 0. The zero-order valence-electron chi connectivity index (χ0n) is 21.0. The van der Waals surface area contributed by atoms with Gasteiger partial charge in [-0.2, -0.15) is 0 Å². The van der Waals surface area contributed by atoms with Crippen LogP contribution in [0.2, 0.25) is 0 Å². The van der Waals surface area contributed by atoms with E-state index in [9.17, 15) is 0 Å². The summed E-state index contributed by atoms with van der Waals surface area (Å²) in [4.78, 5) is 2.41. The molecule has 0 aromatic heterocycles. The third-order valence-electron chi connectivity index (χ3n) is 7.56. The Kier molecular flexibility index (Phi) is 5.64. The molecule has 1 aliphatic heterocycles. The Morgan fingerprint density at radius 2 is 0.789 bits per heavy atom. The fourth-order valence-electron chi connectivity index (χ4n) is 5.95. The standard InChI is InChI=1S/C36H26BN/c1-4-15-27(16-5-1)30-21-14-22-31(28-17-6-2-7-18-28)36(30)37-32-23-10-12-25-34(32)38(29-19-8-3-9-20-29)35-26-13-11-24-33(35)37/h1-26H. The Labute approximate surface area is 224 Å². The monoisotopic (exact) mass is 483 g/mol. The van der Waals surface area contributed by atoms with Gasteiger partial charge < -0.3 is 4.90 Å². The largest absolute Gasteiger partial charge is 0.312 e. The summed E-state index contributed by atoms with van der Waals surface area (Å²) in [6, 6.07) is 56.9. The number of nitrogens with zero attached hydrogens (tertiary/aromatic N) is 1. The predicted molar refractivity (Wildman–Crippen MR) is 163 cm³/mol. The number of benzene rings is 6. The van der Waals surface area contributed by atoms with Crippen LogP contribution in [0.3, 0.4) is 0 Å². The lowest BCUT2D eigenvalue weighted by Crippen LogP contribution is -2.58. The molecule has 38 heavy (non-hydrogen) atoms. The lowest BCUT2D eigenvalue weighted by atomic mass is 9.33. The number of hydrogen-bond acceptors (Lipinski definition) is 1. The van der Waals surface area contributed by atoms with Gasteiger partial charge in [0.25, 0.3) is 0 Å². The molecule has 1 aliphatic rings. The Bertz CT molecular complexity index is 1610. The minimum Gasteiger partial charge on any atom is -0.312 e. The van der Waals surface area contributed by atoms with E-state index in [4.69, 9.17) is 0 Å². The van der Waals surface area contributed by atoms with Crippen LogP contribution in [0.4, 0.5) is 17.1 Å². The van der Waals surface area contributed by atoms with Gasteiger partial charge in [-0.1, -0.05) is 139 Å². The van der Waals surface area contributed by atoms with E-state index in [-0.39, 0.29) is 6.71 Å². The van der Waals surface area contributed by atoms with Crippen LogP contribution in [0.25, 0.3) is 22.3 Å². The molecule has 0 spiro atoms. The van der Waals surface area contributed by atoms with Crippen molar-refractivity contribution >= 4 is 40.2 Å². The highest BCUT2D eigenvalue weighted by molar-refractivity contribution is 6.99. The third kappa shape index (κ3) is 3.74. The molecule has 0 radical (unpaired) electrons. The van der Waals surface area contributed by atoms with Gasteiger partial charge in [-0.3, -0.25) is 0 Å². The van der Waals surface area contributed by atoms with Gasteiger partial charge in [0.2, 0.25) is 6.71 Å². The minimum absolute atomic E-state index is 0.0778. The number of fused-ring (bicyclic) bond motifs is 2. The topological polar surface area (TPSA) is 3.24 Å². The highest BCUT2D eigenvalue weighted by Gasteiger charge is 2.37. The van der Waals surface area contributed by atoms with E-state index in [1.807, 2.05) is 0 Å². The second-order valence-electron chi connectivity index (χ2n) is 9.72. The van der Waals surface area contributed by atoms with Crippen molar-refractivity contribution < 1.29 is 0 Å². The Hall–Kier alpha value is -4.82. The van der Waals surface area contributed by atoms with Gasteiger partial charge in [-0.05, 0) is 57.4 Å². The van der Waals surface area contributed by atoms with Gasteiger partial charge in [-0.15, -0.1) is 0 Å². The Balaban J connectivity index is 1.56. The van der Waals surface area contributed by atoms with E-state index in [2.05, 4.69) is 163 Å². The van der Waals surface area contributed by atoms with Crippen molar-refractivity contribution in [1.29, 1.82) is 0 Å². The third-order valence-corrected chi connectivity index (χ3v) is 7.56. The van der Waals surface area contributed by atoms with Crippen LogP contribution in [0.1, 0.15) is 0 Å². The molecule has 1 heterocycles. The number of rotatable bonds is 4. The smallest absolute Gasteiger partial charge is 0.248 e. The van der Waals surface area contributed by atoms with Crippen LogP contribution in [0, 0.1) is 0 Å². The number of anilines is 3. The van der Waals surface area contributed by atoms with E-state index < -0.39 is 0 Å². The molecule has 0 saturated heterocycles. The van der Waals surface area contributed by atoms with Crippen LogP contribution in [0.15, 0.2) is 158 Å². The molecular weight excluding hydrogens is 457 g/mol. The zero-order valence-corrected chi connectivity index (χ0v) is 21.0.